The third-order valence-corrected chi connectivity index (χ3v) is 2.73. The molecule has 112 valence electrons. The maximum atomic E-state index is 13.6. The van der Waals surface area contributed by atoms with Crippen LogP contribution in [0.4, 0.5) is 10.1 Å². The Hall–Kier alpha value is -1.78. The number of nitrogens with one attached hydrogen (secondary N) is 2. The molecule has 1 aromatic rings. The molecule has 1 aromatic carbocycles. The number of ether oxygens (including phenoxy) is 1. The molecule has 0 aliphatic heterocycles. The highest BCUT2D eigenvalue weighted by Crippen LogP contribution is 2.20. The fourth-order valence-corrected chi connectivity index (χ4v) is 1.63. The summed E-state index contributed by atoms with van der Waals surface area (Å²) in [7, 11) is 0. The zero-order valence-electron chi connectivity index (χ0n) is 12.3. The quantitative estimate of drug-likeness (QED) is 0.771. The van der Waals surface area contributed by atoms with Gasteiger partial charge < -0.3 is 15.4 Å². The van der Waals surface area contributed by atoms with E-state index in [1.165, 1.54) is 6.07 Å². The second-order valence-corrected chi connectivity index (χ2v) is 4.96. The number of amides is 1. The van der Waals surface area contributed by atoms with Crippen molar-refractivity contribution >= 4 is 11.6 Å². The Morgan fingerprint density at radius 2 is 2.15 bits per heavy atom. The number of carbonyl (C=O) groups is 1. The molecule has 4 nitrogen and oxygen atoms in total. The van der Waals surface area contributed by atoms with Crippen molar-refractivity contribution in [2.24, 2.45) is 5.92 Å². The Balaban J connectivity index is 2.38. The molecule has 0 aliphatic rings. The smallest absolute Gasteiger partial charge is 0.239 e. The summed E-state index contributed by atoms with van der Waals surface area (Å²) in [6, 6.07) is 4.57. The largest absolute Gasteiger partial charge is 0.491 e. The van der Waals surface area contributed by atoms with Crippen LogP contribution in [0.2, 0.25) is 0 Å². The topological polar surface area (TPSA) is 50.4 Å². The van der Waals surface area contributed by atoms with Crippen LogP contribution in [0.25, 0.3) is 0 Å². The van der Waals surface area contributed by atoms with Gasteiger partial charge in [0.1, 0.15) is 0 Å². The number of hydrogen-bond donors (Lipinski definition) is 2. The molecule has 0 atom stereocenters. The zero-order valence-corrected chi connectivity index (χ0v) is 12.3. The SMILES string of the molecule is CCOc1ccc(NCC(=O)NCCC(C)C)cc1F. The van der Waals surface area contributed by atoms with Crippen molar-refractivity contribution in [2.75, 3.05) is 25.0 Å². The van der Waals surface area contributed by atoms with Gasteiger partial charge in [-0.3, -0.25) is 4.79 Å². The Labute approximate surface area is 119 Å². The lowest BCUT2D eigenvalue weighted by atomic mass is 10.1. The number of anilines is 1. The van der Waals surface area contributed by atoms with E-state index in [0.29, 0.717) is 24.8 Å². The average Bonchev–Trinajstić information content (AvgIpc) is 2.39. The summed E-state index contributed by atoms with van der Waals surface area (Å²) in [6.07, 6.45) is 0.948. The summed E-state index contributed by atoms with van der Waals surface area (Å²) in [4.78, 5) is 11.6. The van der Waals surface area contributed by atoms with Gasteiger partial charge in [0.05, 0.1) is 13.2 Å². The van der Waals surface area contributed by atoms with Crippen LogP contribution in [0, 0.1) is 11.7 Å². The fourth-order valence-electron chi connectivity index (χ4n) is 1.63. The first-order valence-corrected chi connectivity index (χ1v) is 6.95. The number of benzene rings is 1. The molecule has 0 bridgehead atoms. The van der Waals surface area contributed by atoms with Crippen molar-refractivity contribution in [1.29, 1.82) is 0 Å². The average molecular weight is 282 g/mol. The van der Waals surface area contributed by atoms with Crippen molar-refractivity contribution in [3.05, 3.63) is 24.0 Å². The van der Waals surface area contributed by atoms with Crippen LogP contribution >= 0.6 is 0 Å². The first-order chi connectivity index (χ1) is 9.52. The lowest BCUT2D eigenvalue weighted by Crippen LogP contribution is -2.31. The molecule has 0 unspecified atom stereocenters. The highest BCUT2D eigenvalue weighted by Gasteiger charge is 2.06. The first-order valence-electron chi connectivity index (χ1n) is 6.95. The van der Waals surface area contributed by atoms with Crippen molar-refractivity contribution < 1.29 is 13.9 Å². The van der Waals surface area contributed by atoms with E-state index >= 15 is 0 Å². The molecule has 0 aliphatic carbocycles. The minimum atomic E-state index is -0.433. The van der Waals surface area contributed by atoms with Crippen molar-refractivity contribution in [3.63, 3.8) is 0 Å². The van der Waals surface area contributed by atoms with E-state index < -0.39 is 5.82 Å². The van der Waals surface area contributed by atoms with Gasteiger partial charge in [0.25, 0.3) is 0 Å². The monoisotopic (exact) mass is 282 g/mol. The standard InChI is InChI=1S/C15H23FN2O2/c1-4-20-14-6-5-12(9-13(14)16)18-10-15(19)17-8-7-11(2)3/h5-6,9,11,18H,4,7-8,10H2,1-3H3,(H,17,19). The molecule has 0 saturated heterocycles. The third-order valence-electron chi connectivity index (χ3n) is 2.73. The molecule has 0 saturated carbocycles. The number of rotatable bonds is 8. The number of halogens is 1. The minimum Gasteiger partial charge on any atom is -0.491 e. The van der Waals surface area contributed by atoms with E-state index in [0.717, 1.165) is 6.42 Å². The first kappa shape index (κ1) is 16.3. The van der Waals surface area contributed by atoms with Gasteiger partial charge >= 0.3 is 0 Å². The van der Waals surface area contributed by atoms with Gasteiger partial charge in [-0.15, -0.1) is 0 Å². The predicted octanol–water partition coefficient (Wildman–Crippen LogP) is 2.80. The van der Waals surface area contributed by atoms with Crippen LogP contribution < -0.4 is 15.4 Å². The van der Waals surface area contributed by atoms with Crippen molar-refractivity contribution in [1.82, 2.24) is 5.32 Å². The van der Waals surface area contributed by atoms with Gasteiger partial charge in [-0.05, 0) is 31.4 Å². The van der Waals surface area contributed by atoms with E-state index in [-0.39, 0.29) is 18.2 Å². The fraction of sp³-hybridized carbons (Fsp3) is 0.533. The summed E-state index contributed by atoms with van der Waals surface area (Å²) in [5.74, 6) is 0.250. The van der Waals surface area contributed by atoms with Crippen LogP contribution in [-0.2, 0) is 4.79 Å². The molecule has 1 amide bonds. The van der Waals surface area contributed by atoms with Crippen LogP contribution in [0.1, 0.15) is 27.2 Å². The highest BCUT2D eigenvalue weighted by molar-refractivity contribution is 5.80. The Morgan fingerprint density at radius 1 is 1.40 bits per heavy atom. The van der Waals surface area contributed by atoms with Gasteiger partial charge in [-0.2, -0.15) is 0 Å². The van der Waals surface area contributed by atoms with Gasteiger partial charge in [-0.25, -0.2) is 4.39 Å². The van der Waals surface area contributed by atoms with E-state index in [1.807, 2.05) is 0 Å². The maximum absolute atomic E-state index is 13.6. The summed E-state index contributed by atoms with van der Waals surface area (Å²) in [5, 5.41) is 5.70. The second kappa shape index (κ2) is 8.40. The predicted molar refractivity (Wildman–Crippen MR) is 78.5 cm³/mol. The zero-order chi connectivity index (χ0) is 15.0. The lowest BCUT2D eigenvalue weighted by Gasteiger charge is -2.10. The highest BCUT2D eigenvalue weighted by atomic mass is 19.1. The Bertz CT molecular complexity index is 436. The molecule has 0 aromatic heterocycles. The lowest BCUT2D eigenvalue weighted by molar-refractivity contribution is -0.119. The molecule has 20 heavy (non-hydrogen) atoms. The van der Waals surface area contributed by atoms with Gasteiger partial charge in [0.15, 0.2) is 11.6 Å². The van der Waals surface area contributed by atoms with E-state index in [9.17, 15) is 9.18 Å². The molecule has 2 N–H and O–H groups in total. The molecular formula is C15H23FN2O2. The third kappa shape index (κ3) is 5.91. The van der Waals surface area contributed by atoms with Crippen LogP contribution in [0.15, 0.2) is 18.2 Å². The maximum Gasteiger partial charge on any atom is 0.239 e. The Morgan fingerprint density at radius 3 is 2.75 bits per heavy atom. The van der Waals surface area contributed by atoms with E-state index in [1.54, 1.807) is 19.1 Å². The summed E-state index contributed by atoms with van der Waals surface area (Å²) >= 11 is 0. The van der Waals surface area contributed by atoms with E-state index in [2.05, 4.69) is 24.5 Å². The molecule has 0 spiro atoms. The van der Waals surface area contributed by atoms with E-state index in [4.69, 9.17) is 4.74 Å². The molecular weight excluding hydrogens is 259 g/mol. The van der Waals surface area contributed by atoms with Gasteiger partial charge in [0, 0.05) is 18.3 Å². The molecule has 0 radical (unpaired) electrons. The summed E-state index contributed by atoms with van der Waals surface area (Å²) in [6.45, 7) is 7.22. The number of hydrogen-bond acceptors (Lipinski definition) is 3. The van der Waals surface area contributed by atoms with Gasteiger partial charge in [-0.1, -0.05) is 13.8 Å². The Kier molecular flexibility index (Phi) is 6.84. The van der Waals surface area contributed by atoms with Crippen LogP contribution in [0.3, 0.4) is 0 Å². The minimum absolute atomic E-state index is 0.0973. The molecule has 5 heteroatoms. The molecule has 0 heterocycles. The number of carbonyl (C=O) groups excluding carboxylic acids is 1. The summed E-state index contributed by atoms with van der Waals surface area (Å²) < 4.78 is 18.7. The molecule has 1 rings (SSSR count). The normalized spacial score (nSPS) is 10.4. The van der Waals surface area contributed by atoms with Gasteiger partial charge in [0.2, 0.25) is 5.91 Å². The van der Waals surface area contributed by atoms with Crippen molar-refractivity contribution in [2.45, 2.75) is 27.2 Å². The van der Waals surface area contributed by atoms with Crippen LogP contribution in [-0.4, -0.2) is 25.6 Å². The van der Waals surface area contributed by atoms with Crippen LogP contribution in [0.5, 0.6) is 5.75 Å². The second-order valence-electron chi connectivity index (χ2n) is 4.96. The van der Waals surface area contributed by atoms with Crippen molar-refractivity contribution in [3.8, 4) is 5.75 Å². The summed E-state index contributed by atoms with van der Waals surface area (Å²) in [5.41, 5.74) is 0.560. The molecule has 0 fully saturated rings.